The van der Waals surface area contributed by atoms with E-state index in [1.54, 1.807) is 0 Å². The van der Waals surface area contributed by atoms with Crippen molar-refractivity contribution < 1.29 is 9.53 Å². The van der Waals surface area contributed by atoms with E-state index in [2.05, 4.69) is 24.4 Å². The zero-order valence-electron chi connectivity index (χ0n) is 16.3. The van der Waals surface area contributed by atoms with Crippen LogP contribution in [0.15, 0.2) is 78.9 Å². The lowest BCUT2D eigenvalue weighted by atomic mass is 9.86. The Labute approximate surface area is 176 Å². The molecule has 1 N–H and O–H groups in total. The number of para-hydroxylation sites is 1. The standard InChI is InChI=1S/C25H24ClNO2/c1-17(27-25(28)24-16-20-9-5-6-10-23(20)29-24)22(19-7-3-2-4-8-19)15-18-11-13-21(26)14-12-18/h2-14,17,22,24H,15-16H2,1H3,(H,27,28). The van der Waals surface area contributed by atoms with E-state index < -0.39 is 6.10 Å². The Bertz CT molecular complexity index is 947. The highest BCUT2D eigenvalue weighted by molar-refractivity contribution is 6.30. The fourth-order valence-electron chi connectivity index (χ4n) is 3.90. The number of halogens is 1. The van der Waals surface area contributed by atoms with Gasteiger partial charge in [0, 0.05) is 23.4 Å². The number of carbonyl (C=O) groups excluding carboxylic acids is 1. The molecular weight excluding hydrogens is 382 g/mol. The Morgan fingerprint density at radius 3 is 2.45 bits per heavy atom. The summed E-state index contributed by atoms with van der Waals surface area (Å²) in [6.07, 6.45) is 0.956. The van der Waals surface area contributed by atoms with Gasteiger partial charge in [0.1, 0.15) is 5.75 Å². The van der Waals surface area contributed by atoms with Crippen molar-refractivity contribution in [3.8, 4) is 5.75 Å². The summed E-state index contributed by atoms with van der Waals surface area (Å²) < 4.78 is 5.86. The van der Waals surface area contributed by atoms with E-state index in [0.717, 1.165) is 22.8 Å². The van der Waals surface area contributed by atoms with Gasteiger partial charge in [-0.05, 0) is 48.2 Å². The minimum absolute atomic E-state index is 0.0482. The van der Waals surface area contributed by atoms with E-state index in [0.29, 0.717) is 6.42 Å². The molecule has 1 aliphatic heterocycles. The first-order chi connectivity index (χ1) is 14.1. The summed E-state index contributed by atoms with van der Waals surface area (Å²) >= 11 is 6.04. The van der Waals surface area contributed by atoms with Crippen molar-refractivity contribution in [2.45, 2.75) is 37.8 Å². The SMILES string of the molecule is CC(NC(=O)C1Cc2ccccc2O1)C(Cc1ccc(Cl)cc1)c1ccccc1. The lowest BCUT2D eigenvalue weighted by Crippen LogP contribution is -2.44. The minimum atomic E-state index is -0.471. The highest BCUT2D eigenvalue weighted by atomic mass is 35.5. The summed E-state index contributed by atoms with van der Waals surface area (Å²) in [6, 6.07) is 26.0. The van der Waals surface area contributed by atoms with Gasteiger partial charge in [0.05, 0.1) is 0 Å². The van der Waals surface area contributed by atoms with Crippen molar-refractivity contribution in [3.63, 3.8) is 0 Å². The van der Waals surface area contributed by atoms with Crippen LogP contribution in [0.4, 0.5) is 0 Å². The van der Waals surface area contributed by atoms with Gasteiger partial charge in [-0.25, -0.2) is 0 Å². The number of fused-ring (bicyclic) bond motifs is 1. The summed E-state index contributed by atoms with van der Waals surface area (Å²) in [5, 5.41) is 3.92. The molecule has 29 heavy (non-hydrogen) atoms. The monoisotopic (exact) mass is 405 g/mol. The maximum Gasteiger partial charge on any atom is 0.261 e. The van der Waals surface area contributed by atoms with E-state index >= 15 is 0 Å². The van der Waals surface area contributed by atoms with Gasteiger partial charge in [0.15, 0.2) is 6.10 Å². The van der Waals surface area contributed by atoms with E-state index in [4.69, 9.17) is 16.3 Å². The normalized spacial score (nSPS) is 17.1. The molecule has 0 saturated carbocycles. The number of amides is 1. The van der Waals surface area contributed by atoms with Crippen molar-refractivity contribution in [2.75, 3.05) is 0 Å². The van der Waals surface area contributed by atoms with Gasteiger partial charge in [0.25, 0.3) is 5.91 Å². The Hall–Kier alpha value is -2.78. The number of hydrogen-bond acceptors (Lipinski definition) is 2. The van der Waals surface area contributed by atoms with Gasteiger partial charge in [-0.15, -0.1) is 0 Å². The predicted molar refractivity (Wildman–Crippen MR) is 117 cm³/mol. The average Bonchev–Trinajstić information content (AvgIpc) is 3.18. The van der Waals surface area contributed by atoms with E-state index in [1.165, 1.54) is 11.1 Å². The van der Waals surface area contributed by atoms with Crippen LogP contribution in [-0.4, -0.2) is 18.1 Å². The van der Waals surface area contributed by atoms with Crippen LogP contribution in [0, 0.1) is 0 Å². The first-order valence-corrected chi connectivity index (χ1v) is 10.3. The van der Waals surface area contributed by atoms with Gasteiger partial charge in [-0.1, -0.05) is 72.3 Å². The summed E-state index contributed by atoms with van der Waals surface area (Å²) in [5.41, 5.74) is 3.47. The van der Waals surface area contributed by atoms with E-state index in [-0.39, 0.29) is 17.9 Å². The van der Waals surface area contributed by atoms with Gasteiger partial charge >= 0.3 is 0 Å². The molecular formula is C25H24ClNO2. The zero-order valence-corrected chi connectivity index (χ0v) is 17.1. The van der Waals surface area contributed by atoms with Crippen LogP contribution in [0.2, 0.25) is 5.02 Å². The number of nitrogens with one attached hydrogen (secondary N) is 1. The second-order valence-corrected chi connectivity index (χ2v) is 8.00. The lowest BCUT2D eigenvalue weighted by molar-refractivity contribution is -0.128. The molecule has 0 fully saturated rings. The average molecular weight is 406 g/mol. The molecule has 3 atom stereocenters. The van der Waals surface area contributed by atoms with Crippen LogP contribution in [-0.2, 0) is 17.6 Å². The lowest BCUT2D eigenvalue weighted by Gasteiger charge is -2.27. The van der Waals surface area contributed by atoms with Crippen LogP contribution >= 0.6 is 11.6 Å². The maximum atomic E-state index is 12.9. The third kappa shape index (κ3) is 4.63. The Morgan fingerprint density at radius 1 is 1.03 bits per heavy atom. The summed E-state index contributed by atoms with van der Waals surface area (Å²) in [4.78, 5) is 12.9. The largest absolute Gasteiger partial charge is 0.480 e. The second kappa shape index (κ2) is 8.71. The van der Waals surface area contributed by atoms with Crippen LogP contribution < -0.4 is 10.1 Å². The van der Waals surface area contributed by atoms with Crippen molar-refractivity contribution >= 4 is 17.5 Å². The molecule has 0 spiro atoms. The topological polar surface area (TPSA) is 38.3 Å². The minimum Gasteiger partial charge on any atom is -0.480 e. The smallest absolute Gasteiger partial charge is 0.261 e. The molecule has 0 aromatic heterocycles. The summed E-state index contributed by atoms with van der Waals surface area (Å²) in [6.45, 7) is 2.06. The third-order valence-corrected chi connectivity index (χ3v) is 5.76. The molecule has 4 heteroatoms. The van der Waals surface area contributed by atoms with Crippen molar-refractivity contribution in [1.29, 1.82) is 0 Å². The molecule has 0 radical (unpaired) electrons. The third-order valence-electron chi connectivity index (χ3n) is 5.51. The maximum absolute atomic E-state index is 12.9. The van der Waals surface area contributed by atoms with Gasteiger partial charge < -0.3 is 10.1 Å². The number of hydrogen-bond donors (Lipinski definition) is 1. The predicted octanol–water partition coefficient (Wildman–Crippen LogP) is 5.17. The van der Waals surface area contributed by atoms with Crippen LogP contribution in [0.3, 0.4) is 0 Å². The molecule has 148 valence electrons. The molecule has 0 aliphatic carbocycles. The molecule has 1 amide bonds. The van der Waals surface area contributed by atoms with Gasteiger partial charge in [0.2, 0.25) is 0 Å². The van der Waals surface area contributed by atoms with Crippen LogP contribution in [0.5, 0.6) is 5.75 Å². The van der Waals surface area contributed by atoms with Crippen molar-refractivity contribution in [1.82, 2.24) is 5.32 Å². The quantitative estimate of drug-likeness (QED) is 0.614. The van der Waals surface area contributed by atoms with Gasteiger partial charge in [-0.3, -0.25) is 4.79 Å². The van der Waals surface area contributed by atoms with Crippen LogP contribution in [0.1, 0.15) is 29.5 Å². The zero-order chi connectivity index (χ0) is 20.2. The molecule has 1 aliphatic rings. The number of rotatable bonds is 6. The number of carbonyl (C=O) groups is 1. The Balaban J connectivity index is 1.48. The molecule has 4 rings (SSSR count). The van der Waals surface area contributed by atoms with E-state index in [9.17, 15) is 4.79 Å². The molecule has 0 saturated heterocycles. The Morgan fingerprint density at radius 2 is 1.72 bits per heavy atom. The number of ether oxygens (including phenoxy) is 1. The van der Waals surface area contributed by atoms with Gasteiger partial charge in [-0.2, -0.15) is 0 Å². The molecule has 3 aromatic carbocycles. The first-order valence-electron chi connectivity index (χ1n) is 9.94. The molecule has 3 unspecified atom stereocenters. The second-order valence-electron chi connectivity index (χ2n) is 7.56. The molecule has 3 nitrogen and oxygen atoms in total. The fraction of sp³-hybridized carbons (Fsp3) is 0.240. The molecule has 3 aromatic rings. The van der Waals surface area contributed by atoms with Crippen LogP contribution in [0.25, 0.3) is 0 Å². The molecule has 1 heterocycles. The van der Waals surface area contributed by atoms with E-state index in [1.807, 2.05) is 66.7 Å². The molecule has 0 bridgehead atoms. The Kier molecular flexibility index (Phi) is 5.86. The van der Waals surface area contributed by atoms with Crippen molar-refractivity contribution in [3.05, 3.63) is 101 Å². The highest BCUT2D eigenvalue weighted by Gasteiger charge is 2.31. The summed E-state index contributed by atoms with van der Waals surface area (Å²) in [7, 11) is 0. The summed E-state index contributed by atoms with van der Waals surface area (Å²) in [5.74, 6) is 0.886. The fourth-order valence-corrected chi connectivity index (χ4v) is 4.03. The van der Waals surface area contributed by atoms with Crippen molar-refractivity contribution in [2.24, 2.45) is 0 Å². The first kappa shape index (κ1) is 19.5. The highest BCUT2D eigenvalue weighted by Crippen LogP contribution is 2.29. The number of benzene rings is 3.